The summed E-state index contributed by atoms with van der Waals surface area (Å²) >= 11 is 0. The highest BCUT2D eigenvalue weighted by Gasteiger charge is 2.18. The van der Waals surface area contributed by atoms with Crippen LogP contribution < -0.4 is 0 Å². The predicted molar refractivity (Wildman–Crippen MR) is 69.5 cm³/mol. The van der Waals surface area contributed by atoms with Crippen LogP contribution in [0, 0.1) is 5.92 Å². The van der Waals surface area contributed by atoms with Crippen molar-refractivity contribution in [2.75, 3.05) is 19.8 Å². The van der Waals surface area contributed by atoms with Gasteiger partial charge in [-0.2, -0.15) is 0 Å². The van der Waals surface area contributed by atoms with Gasteiger partial charge in [0, 0.05) is 19.1 Å². The summed E-state index contributed by atoms with van der Waals surface area (Å²) in [5.74, 6) is -0.541. The van der Waals surface area contributed by atoms with Crippen LogP contribution >= 0.6 is 0 Å². The van der Waals surface area contributed by atoms with Crippen LogP contribution in [0.4, 0.5) is 0 Å². The molecule has 1 saturated heterocycles. The monoisotopic (exact) mass is 270 g/mol. The quantitative estimate of drug-likeness (QED) is 0.497. The van der Waals surface area contributed by atoms with Gasteiger partial charge in [-0.1, -0.05) is 13.5 Å². The fourth-order valence-electron chi connectivity index (χ4n) is 1.83. The molecule has 1 aliphatic heterocycles. The first-order chi connectivity index (χ1) is 9.11. The van der Waals surface area contributed by atoms with Crippen molar-refractivity contribution in [3.8, 4) is 0 Å². The third kappa shape index (κ3) is 6.96. The van der Waals surface area contributed by atoms with Gasteiger partial charge in [0.15, 0.2) is 0 Å². The van der Waals surface area contributed by atoms with Gasteiger partial charge in [0.05, 0.1) is 12.7 Å². The number of hydrogen-bond donors (Lipinski definition) is 0. The molecular weight excluding hydrogens is 248 g/mol. The molecule has 0 spiro atoms. The Morgan fingerprint density at radius 3 is 2.89 bits per heavy atom. The van der Waals surface area contributed by atoms with Gasteiger partial charge in [0.2, 0.25) is 0 Å². The maximum absolute atomic E-state index is 11.6. The molecule has 0 amide bonds. The molecule has 1 aliphatic rings. The zero-order valence-electron chi connectivity index (χ0n) is 11.4. The van der Waals surface area contributed by atoms with Gasteiger partial charge < -0.3 is 14.2 Å². The molecule has 19 heavy (non-hydrogen) atoms. The number of rotatable bonds is 8. The second-order valence-electron chi connectivity index (χ2n) is 4.79. The molecule has 0 N–H and O–H groups in total. The van der Waals surface area contributed by atoms with Gasteiger partial charge in [-0.05, 0) is 25.2 Å². The van der Waals surface area contributed by atoms with Crippen molar-refractivity contribution in [2.45, 2.75) is 38.7 Å². The molecule has 1 fully saturated rings. The minimum Gasteiger partial charge on any atom is -0.463 e. The molecule has 0 bridgehead atoms. The molecule has 1 heterocycles. The summed E-state index contributed by atoms with van der Waals surface area (Å²) in [5.41, 5.74) is 0. The number of esters is 2. The number of carbonyl (C=O) groups is 2. The average molecular weight is 270 g/mol. The molecule has 0 aromatic carbocycles. The van der Waals surface area contributed by atoms with Crippen LogP contribution in [0.1, 0.15) is 32.6 Å². The van der Waals surface area contributed by atoms with Crippen LogP contribution in [0.2, 0.25) is 0 Å². The summed E-state index contributed by atoms with van der Waals surface area (Å²) in [6, 6.07) is 0. The second-order valence-corrected chi connectivity index (χ2v) is 4.79. The molecule has 0 aromatic heterocycles. The van der Waals surface area contributed by atoms with E-state index in [1.807, 2.05) is 6.92 Å². The summed E-state index contributed by atoms with van der Waals surface area (Å²) in [7, 11) is 0. The highest BCUT2D eigenvalue weighted by molar-refractivity contribution is 5.81. The molecule has 2 unspecified atom stereocenters. The molecule has 0 saturated carbocycles. The van der Waals surface area contributed by atoms with Gasteiger partial charge in [-0.15, -0.1) is 0 Å². The Hall–Kier alpha value is -1.36. The SMILES string of the molecule is C=CC(=O)OCCC(C)CC(=O)OCC1CCCO1. The zero-order chi connectivity index (χ0) is 14.1. The van der Waals surface area contributed by atoms with Gasteiger partial charge in [-0.3, -0.25) is 4.79 Å². The maximum atomic E-state index is 11.6. The summed E-state index contributed by atoms with van der Waals surface area (Å²) in [4.78, 5) is 22.4. The number of ether oxygens (including phenoxy) is 3. The van der Waals surface area contributed by atoms with E-state index in [9.17, 15) is 9.59 Å². The van der Waals surface area contributed by atoms with Crippen LogP contribution in [0.3, 0.4) is 0 Å². The van der Waals surface area contributed by atoms with Crippen LogP contribution in [0.5, 0.6) is 0 Å². The first-order valence-corrected chi connectivity index (χ1v) is 6.68. The van der Waals surface area contributed by atoms with E-state index in [0.717, 1.165) is 25.5 Å². The van der Waals surface area contributed by atoms with Crippen molar-refractivity contribution in [2.24, 2.45) is 5.92 Å². The van der Waals surface area contributed by atoms with Crippen molar-refractivity contribution < 1.29 is 23.8 Å². The average Bonchev–Trinajstić information content (AvgIpc) is 2.89. The van der Waals surface area contributed by atoms with Gasteiger partial charge in [0.25, 0.3) is 0 Å². The van der Waals surface area contributed by atoms with Crippen molar-refractivity contribution in [3.05, 3.63) is 12.7 Å². The zero-order valence-corrected chi connectivity index (χ0v) is 11.4. The molecule has 0 aromatic rings. The minimum atomic E-state index is -0.437. The summed E-state index contributed by atoms with van der Waals surface area (Å²) < 4.78 is 15.4. The van der Waals surface area contributed by atoms with Crippen LogP contribution in [-0.2, 0) is 23.8 Å². The van der Waals surface area contributed by atoms with Crippen molar-refractivity contribution in [3.63, 3.8) is 0 Å². The lowest BCUT2D eigenvalue weighted by Gasteiger charge is -2.13. The largest absolute Gasteiger partial charge is 0.463 e. The van der Waals surface area contributed by atoms with Crippen LogP contribution in [-0.4, -0.2) is 37.9 Å². The fourth-order valence-corrected chi connectivity index (χ4v) is 1.83. The summed E-state index contributed by atoms with van der Waals surface area (Å²) in [5, 5.41) is 0. The molecule has 108 valence electrons. The third-order valence-electron chi connectivity index (χ3n) is 2.99. The Morgan fingerprint density at radius 1 is 1.47 bits per heavy atom. The fraction of sp³-hybridized carbons (Fsp3) is 0.714. The van der Waals surface area contributed by atoms with Crippen molar-refractivity contribution >= 4 is 11.9 Å². The Bertz CT molecular complexity index is 307. The van der Waals surface area contributed by atoms with E-state index in [4.69, 9.17) is 14.2 Å². The summed E-state index contributed by atoms with van der Waals surface area (Å²) in [6.07, 6.45) is 4.15. The lowest BCUT2D eigenvalue weighted by molar-refractivity contribution is -0.148. The molecule has 5 nitrogen and oxygen atoms in total. The molecule has 2 atom stereocenters. The smallest absolute Gasteiger partial charge is 0.330 e. The topological polar surface area (TPSA) is 61.8 Å². The van der Waals surface area contributed by atoms with E-state index < -0.39 is 5.97 Å². The lowest BCUT2D eigenvalue weighted by Crippen LogP contribution is -2.19. The molecule has 5 heteroatoms. The molecule has 1 rings (SSSR count). The lowest BCUT2D eigenvalue weighted by atomic mass is 10.1. The number of carbonyl (C=O) groups excluding carboxylic acids is 2. The maximum Gasteiger partial charge on any atom is 0.330 e. The standard InChI is InChI=1S/C14H22O5/c1-3-13(15)18-8-6-11(2)9-14(16)19-10-12-5-4-7-17-12/h3,11-12H,1,4-10H2,2H3. The predicted octanol–water partition coefficient (Wildman–Crippen LogP) is 1.85. The highest BCUT2D eigenvalue weighted by atomic mass is 16.6. The third-order valence-corrected chi connectivity index (χ3v) is 2.99. The first kappa shape index (κ1) is 15.7. The van der Waals surface area contributed by atoms with Crippen molar-refractivity contribution in [1.29, 1.82) is 0 Å². The van der Waals surface area contributed by atoms with Gasteiger partial charge >= 0.3 is 11.9 Å². The van der Waals surface area contributed by atoms with Crippen molar-refractivity contribution in [1.82, 2.24) is 0 Å². The highest BCUT2D eigenvalue weighted by Crippen LogP contribution is 2.13. The summed E-state index contributed by atoms with van der Waals surface area (Å²) in [6.45, 7) is 6.63. The van der Waals surface area contributed by atoms with Gasteiger partial charge in [0.1, 0.15) is 6.61 Å². The first-order valence-electron chi connectivity index (χ1n) is 6.68. The Kier molecular flexibility index (Phi) is 7.18. The van der Waals surface area contributed by atoms with E-state index >= 15 is 0 Å². The normalized spacial score (nSPS) is 19.7. The van der Waals surface area contributed by atoms with Crippen LogP contribution in [0.15, 0.2) is 12.7 Å². The van der Waals surface area contributed by atoms with E-state index in [0.29, 0.717) is 26.1 Å². The van der Waals surface area contributed by atoms with E-state index in [2.05, 4.69) is 6.58 Å². The molecule has 0 aliphatic carbocycles. The molecule has 0 radical (unpaired) electrons. The van der Waals surface area contributed by atoms with E-state index in [1.165, 1.54) is 0 Å². The molecular formula is C14H22O5. The number of hydrogen-bond acceptors (Lipinski definition) is 5. The van der Waals surface area contributed by atoms with Crippen LogP contribution in [0.25, 0.3) is 0 Å². The second kappa shape index (κ2) is 8.69. The van der Waals surface area contributed by atoms with E-state index in [1.54, 1.807) is 0 Å². The van der Waals surface area contributed by atoms with Gasteiger partial charge in [-0.25, -0.2) is 4.79 Å². The van der Waals surface area contributed by atoms with E-state index in [-0.39, 0.29) is 18.0 Å². The minimum absolute atomic E-state index is 0.0628. The Morgan fingerprint density at radius 2 is 2.26 bits per heavy atom. The Balaban J connectivity index is 2.06. The Labute approximate surface area is 113 Å².